The van der Waals surface area contributed by atoms with Crippen LogP contribution in [0.5, 0.6) is 10.8 Å². The fourth-order valence-corrected chi connectivity index (χ4v) is 4.36. The van der Waals surface area contributed by atoms with Crippen molar-refractivity contribution in [2.75, 3.05) is 0 Å². The average molecular weight is 356 g/mol. The second kappa shape index (κ2) is 6.61. The van der Waals surface area contributed by atoms with E-state index in [9.17, 15) is 9.59 Å². The number of ketones is 1. The second-order valence-electron chi connectivity index (χ2n) is 6.66. The van der Waals surface area contributed by atoms with E-state index in [0.717, 1.165) is 12.8 Å². The number of carbonyl (C=O) groups excluding carboxylic acids is 2. The van der Waals surface area contributed by atoms with Crippen LogP contribution in [-0.2, 0) is 0 Å². The maximum atomic E-state index is 12.4. The Hall–Kier alpha value is -2.18. The van der Waals surface area contributed by atoms with E-state index in [1.54, 1.807) is 36.4 Å². The molecule has 0 aliphatic carbocycles. The summed E-state index contributed by atoms with van der Waals surface area (Å²) in [5.41, 5.74) is 0.630. The summed E-state index contributed by atoms with van der Waals surface area (Å²) in [5.74, 6) is 0.637. The van der Waals surface area contributed by atoms with Gasteiger partial charge in [0, 0.05) is 23.7 Å². The highest BCUT2D eigenvalue weighted by atomic mass is 32.1. The van der Waals surface area contributed by atoms with Gasteiger partial charge in [0.25, 0.3) is 5.91 Å². The Bertz CT molecular complexity index is 799. The summed E-state index contributed by atoms with van der Waals surface area (Å²) >= 11 is 1.32. The van der Waals surface area contributed by atoms with Crippen LogP contribution in [0.3, 0.4) is 0 Å². The van der Waals surface area contributed by atoms with Crippen LogP contribution in [0.1, 0.15) is 46.2 Å². The molecule has 0 spiro atoms. The molecule has 0 unspecified atom stereocenters. The average Bonchev–Trinajstić information content (AvgIpc) is 3.32. The van der Waals surface area contributed by atoms with Crippen molar-refractivity contribution in [2.24, 2.45) is 0 Å². The summed E-state index contributed by atoms with van der Waals surface area (Å²) in [6.07, 6.45) is 3.39. The molecule has 1 amide bonds. The van der Waals surface area contributed by atoms with Gasteiger partial charge in [0.1, 0.15) is 5.75 Å². The van der Waals surface area contributed by atoms with Gasteiger partial charge < -0.3 is 15.4 Å². The smallest absolute Gasteiger partial charge is 0.251 e. The van der Waals surface area contributed by atoms with Gasteiger partial charge in [0.2, 0.25) is 0 Å². The van der Waals surface area contributed by atoms with Crippen molar-refractivity contribution >= 4 is 23.0 Å². The van der Waals surface area contributed by atoms with Crippen LogP contribution in [0, 0.1) is 0 Å². The van der Waals surface area contributed by atoms with E-state index in [1.165, 1.54) is 24.7 Å². The van der Waals surface area contributed by atoms with Gasteiger partial charge in [0.05, 0.1) is 4.88 Å². The Morgan fingerprint density at radius 1 is 1.16 bits per heavy atom. The molecule has 6 heteroatoms. The molecule has 0 saturated carbocycles. The van der Waals surface area contributed by atoms with E-state index < -0.39 is 0 Å². The van der Waals surface area contributed by atoms with Gasteiger partial charge in [-0.25, -0.2) is 0 Å². The molecule has 2 aromatic rings. The maximum Gasteiger partial charge on any atom is 0.251 e. The first-order valence-electron chi connectivity index (χ1n) is 8.54. The molecule has 5 nitrogen and oxygen atoms in total. The first kappa shape index (κ1) is 16.3. The SMILES string of the molecule is CC(=O)c1ccc(Oc2ccc(C(=O)N[C@@H]3C[C@H]4CC[C@@H]3N4)cc2)s1. The van der Waals surface area contributed by atoms with Crippen LogP contribution in [0.15, 0.2) is 36.4 Å². The zero-order valence-corrected chi connectivity index (χ0v) is 14.8. The summed E-state index contributed by atoms with van der Waals surface area (Å²) in [6, 6.07) is 11.9. The van der Waals surface area contributed by atoms with Gasteiger partial charge in [-0.1, -0.05) is 11.3 Å². The van der Waals surface area contributed by atoms with E-state index >= 15 is 0 Å². The third-order valence-electron chi connectivity index (χ3n) is 4.88. The zero-order chi connectivity index (χ0) is 17.4. The van der Waals surface area contributed by atoms with Gasteiger partial charge in [-0.05, 0) is 62.6 Å². The number of thiophene rings is 1. The van der Waals surface area contributed by atoms with Crippen LogP contribution in [0.4, 0.5) is 0 Å². The molecule has 2 aliphatic rings. The number of benzene rings is 1. The van der Waals surface area contributed by atoms with Gasteiger partial charge in [-0.15, -0.1) is 0 Å². The van der Waals surface area contributed by atoms with Crippen molar-refractivity contribution in [3.63, 3.8) is 0 Å². The number of fused-ring (bicyclic) bond motifs is 2. The van der Waals surface area contributed by atoms with Gasteiger partial charge in [0.15, 0.2) is 10.8 Å². The fourth-order valence-electron chi connectivity index (χ4n) is 3.59. The predicted molar refractivity (Wildman–Crippen MR) is 96.7 cm³/mol. The zero-order valence-electron chi connectivity index (χ0n) is 14.0. The van der Waals surface area contributed by atoms with Crippen LogP contribution in [0.25, 0.3) is 0 Å². The Labute approximate surface area is 150 Å². The summed E-state index contributed by atoms with van der Waals surface area (Å²) in [5, 5.41) is 7.32. The van der Waals surface area contributed by atoms with Crippen LogP contribution < -0.4 is 15.4 Å². The van der Waals surface area contributed by atoms with E-state index in [4.69, 9.17) is 4.74 Å². The van der Waals surface area contributed by atoms with Gasteiger partial charge in [-0.2, -0.15) is 0 Å². The summed E-state index contributed by atoms with van der Waals surface area (Å²) < 4.78 is 5.74. The van der Waals surface area contributed by atoms with Crippen LogP contribution in [-0.4, -0.2) is 29.8 Å². The third-order valence-corrected chi connectivity index (χ3v) is 5.94. The third kappa shape index (κ3) is 3.45. The van der Waals surface area contributed by atoms with Gasteiger partial charge in [-0.3, -0.25) is 9.59 Å². The molecule has 2 N–H and O–H groups in total. The minimum absolute atomic E-state index is 0.0296. The van der Waals surface area contributed by atoms with Gasteiger partial charge >= 0.3 is 0 Å². The highest BCUT2D eigenvalue weighted by Crippen LogP contribution is 2.30. The molecule has 0 radical (unpaired) electrons. The molecule has 4 rings (SSSR count). The van der Waals surface area contributed by atoms with Crippen LogP contribution in [0.2, 0.25) is 0 Å². The fraction of sp³-hybridized carbons (Fsp3) is 0.368. The molecule has 2 bridgehead atoms. The lowest BCUT2D eigenvalue weighted by atomic mass is 9.95. The van der Waals surface area contributed by atoms with E-state index in [-0.39, 0.29) is 17.7 Å². The molecule has 130 valence electrons. The maximum absolute atomic E-state index is 12.4. The highest BCUT2D eigenvalue weighted by Gasteiger charge is 2.39. The molecular formula is C19H20N2O3S. The van der Waals surface area contributed by atoms with Crippen molar-refractivity contribution in [3.8, 4) is 10.8 Å². The Morgan fingerprint density at radius 3 is 2.56 bits per heavy atom. The number of Topliss-reactive ketones (excluding diaryl/α,β-unsaturated/α-hetero) is 1. The van der Waals surface area contributed by atoms with Crippen molar-refractivity contribution in [1.29, 1.82) is 0 Å². The minimum Gasteiger partial charge on any atom is -0.447 e. The van der Waals surface area contributed by atoms with E-state index in [2.05, 4.69) is 10.6 Å². The van der Waals surface area contributed by atoms with Crippen molar-refractivity contribution in [3.05, 3.63) is 46.8 Å². The molecule has 1 aromatic carbocycles. The van der Waals surface area contributed by atoms with Crippen molar-refractivity contribution < 1.29 is 14.3 Å². The molecule has 3 heterocycles. The lowest BCUT2D eigenvalue weighted by Crippen LogP contribution is -2.42. The highest BCUT2D eigenvalue weighted by molar-refractivity contribution is 7.15. The molecular weight excluding hydrogens is 336 g/mol. The minimum atomic E-state index is -0.0408. The number of amides is 1. The molecule has 3 atom stereocenters. The summed E-state index contributed by atoms with van der Waals surface area (Å²) in [7, 11) is 0. The van der Waals surface area contributed by atoms with Crippen LogP contribution >= 0.6 is 11.3 Å². The number of ether oxygens (including phenoxy) is 1. The monoisotopic (exact) mass is 356 g/mol. The number of hydrogen-bond donors (Lipinski definition) is 2. The number of nitrogens with one attached hydrogen (secondary N) is 2. The Morgan fingerprint density at radius 2 is 1.96 bits per heavy atom. The molecule has 1 aromatic heterocycles. The summed E-state index contributed by atoms with van der Waals surface area (Å²) in [4.78, 5) is 24.4. The Balaban J connectivity index is 1.37. The van der Waals surface area contributed by atoms with Crippen molar-refractivity contribution in [2.45, 2.75) is 44.3 Å². The topological polar surface area (TPSA) is 67.4 Å². The predicted octanol–water partition coefficient (Wildman–Crippen LogP) is 3.37. The number of carbonyl (C=O) groups is 2. The number of hydrogen-bond acceptors (Lipinski definition) is 5. The molecule has 2 aliphatic heterocycles. The lowest BCUT2D eigenvalue weighted by Gasteiger charge is -2.21. The quantitative estimate of drug-likeness (QED) is 0.806. The first-order chi connectivity index (χ1) is 12.1. The molecule has 2 saturated heterocycles. The first-order valence-corrected chi connectivity index (χ1v) is 9.36. The number of rotatable bonds is 5. The molecule has 25 heavy (non-hydrogen) atoms. The second-order valence-corrected chi connectivity index (χ2v) is 7.71. The summed E-state index contributed by atoms with van der Waals surface area (Å²) in [6.45, 7) is 1.54. The largest absolute Gasteiger partial charge is 0.447 e. The Kier molecular flexibility index (Phi) is 4.31. The van der Waals surface area contributed by atoms with E-state index in [1.807, 2.05) is 0 Å². The normalized spacial score (nSPS) is 24.3. The van der Waals surface area contributed by atoms with E-state index in [0.29, 0.717) is 33.3 Å². The lowest BCUT2D eigenvalue weighted by molar-refractivity contribution is 0.0930. The van der Waals surface area contributed by atoms with Crippen molar-refractivity contribution in [1.82, 2.24) is 10.6 Å². The standard InChI is InChI=1S/C19H20N2O3S/c1-11(22)17-8-9-18(25-17)24-14-5-2-12(3-6-14)19(23)21-16-10-13-4-7-15(16)20-13/h2-3,5-6,8-9,13,15-16,20H,4,7,10H2,1H3,(H,21,23)/t13-,15+,16-/m1/s1. The molecule has 2 fully saturated rings.